The van der Waals surface area contributed by atoms with Gasteiger partial charge in [0, 0.05) is 30.0 Å². The monoisotopic (exact) mass is 247 g/mol. The van der Waals surface area contributed by atoms with Crippen LogP contribution < -0.4 is 11.5 Å². The van der Waals surface area contributed by atoms with Gasteiger partial charge in [-0.05, 0) is 31.0 Å². The van der Waals surface area contributed by atoms with E-state index in [1.165, 1.54) is 19.3 Å². The molecule has 0 unspecified atom stereocenters. The SMILES string of the molecule is CN(C(=O)c1cc(N)cc(N)c1)C1CCCCC1. The summed E-state index contributed by atoms with van der Waals surface area (Å²) >= 11 is 0. The minimum Gasteiger partial charge on any atom is -0.399 e. The van der Waals surface area contributed by atoms with E-state index in [4.69, 9.17) is 11.5 Å². The van der Waals surface area contributed by atoms with Gasteiger partial charge in [-0.1, -0.05) is 19.3 Å². The lowest BCUT2D eigenvalue weighted by Gasteiger charge is -2.31. The number of rotatable bonds is 2. The minimum absolute atomic E-state index is 0.0147. The highest BCUT2D eigenvalue weighted by molar-refractivity contribution is 5.96. The Hall–Kier alpha value is -1.71. The van der Waals surface area contributed by atoms with Gasteiger partial charge in [0.1, 0.15) is 0 Å². The molecular formula is C14H21N3O. The third-order valence-electron chi connectivity index (χ3n) is 3.67. The van der Waals surface area contributed by atoms with E-state index in [0.29, 0.717) is 23.0 Å². The van der Waals surface area contributed by atoms with Crippen molar-refractivity contribution < 1.29 is 4.79 Å². The Bertz CT molecular complexity index is 418. The molecule has 18 heavy (non-hydrogen) atoms. The third kappa shape index (κ3) is 2.75. The van der Waals surface area contributed by atoms with Crippen LogP contribution in [0.2, 0.25) is 0 Å². The van der Waals surface area contributed by atoms with Gasteiger partial charge in [0.25, 0.3) is 5.91 Å². The third-order valence-corrected chi connectivity index (χ3v) is 3.67. The Balaban J connectivity index is 2.14. The quantitative estimate of drug-likeness (QED) is 0.787. The van der Waals surface area contributed by atoms with E-state index in [1.54, 1.807) is 18.2 Å². The zero-order valence-electron chi connectivity index (χ0n) is 10.9. The van der Waals surface area contributed by atoms with Gasteiger partial charge in [-0.2, -0.15) is 0 Å². The number of nitrogens with zero attached hydrogens (tertiary/aromatic N) is 1. The van der Waals surface area contributed by atoms with Crippen LogP contribution in [-0.4, -0.2) is 23.9 Å². The molecule has 0 radical (unpaired) electrons. The highest BCUT2D eigenvalue weighted by atomic mass is 16.2. The van der Waals surface area contributed by atoms with Gasteiger partial charge < -0.3 is 16.4 Å². The smallest absolute Gasteiger partial charge is 0.253 e. The Morgan fingerprint density at radius 2 is 1.67 bits per heavy atom. The molecule has 4 nitrogen and oxygen atoms in total. The lowest BCUT2D eigenvalue weighted by Crippen LogP contribution is -2.38. The van der Waals surface area contributed by atoms with Gasteiger partial charge in [-0.15, -0.1) is 0 Å². The zero-order chi connectivity index (χ0) is 13.1. The Kier molecular flexibility index (Phi) is 3.75. The molecular weight excluding hydrogens is 226 g/mol. The first kappa shape index (κ1) is 12.7. The molecule has 98 valence electrons. The summed E-state index contributed by atoms with van der Waals surface area (Å²) in [6.45, 7) is 0. The van der Waals surface area contributed by atoms with E-state index >= 15 is 0 Å². The maximum Gasteiger partial charge on any atom is 0.253 e. The molecule has 1 amide bonds. The fourth-order valence-corrected chi connectivity index (χ4v) is 2.64. The first-order chi connectivity index (χ1) is 8.58. The fraction of sp³-hybridized carbons (Fsp3) is 0.500. The molecule has 4 heteroatoms. The molecule has 4 N–H and O–H groups in total. The van der Waals surface area contributed by atoms with Gasteiger partial charge in [-0.3, -0.25) is 4.79 Å². The number of carbonyl (C=O) groups excluding carboxylic acids is 1. The molecule has 1 aliphatic carbocycles. The van der Waals surface area contributed by atoms with Gasteiger partial charge >= 0.3 is 0 Å². The number of hydrogen-bond acceptors (Lipinski definition) is 3. The standard InChI is InChI=1S/C14H21N3O/c1-17(13-5-3-2-4-6-13)14(18)10-7-11(15)9-12(16)8-10/h7-9,13H,2-6,15-16H2,1H3. The van der Waals surface area contributed by atoms with E-state index in [9.17, 15) is 4.79 Å². The summed E-state index contributed by atoms with van der Waals surface area (Å²) in [5.41, 5.74) is 13.1. The lowest BCUT2D eigenvalue weighted by atomic mass is 9.94. The van der Waals surface area contributed by atoms with Gasteiger partial charge in [-0.25, -0.2) is 0 Å². The minimum atomic E-state index is 0.0147. The molecule has 1 saturated carbocycles. The number of nitrogen functional groups attached to an aromatic ring is 2. The van der Waals surface area contributed by atoms with E-state index in [1.807, 2.05) is 11.9 Å². The molecule has 0 atom stereocenters. The number of carbonyl (C=O) groups is 1. The van der Waals surface area contributed by atoms with Crippen LogP contribution in [0.5, 0.6) is 0 Å². The normalized spacial score (nSPS) is 16.5. The summed E-state index contributed by atoms with van der Waals surface area (Å²) in [6, 6.07) is 5.40. The Morgan fingerprint density at radius 1 is 1.11 bits per heavy atom. The van der Waals surface area contributed by atoms with Crippen molar-refractivity contribution in [1.82, 2.24) is 4.90 Å². The van der Waals surface area contributed by atoms with Crippen molar-refractivity contribution in [2.45, 2.75) is 38.1 Å². The molecule has 0 aliphatic heterocycles. The number of benzene rings is 1. The van der Waals surface area contributed by atoms with Gasteiger partial charge in [0.05, 0.1) is 0 Å². The van der Waals surface area contributed by atoms with E-state index in [-0.39, 0.29) is 5.91 Å². The predicted molar refractivity (Wildman–Crippen MR) is 74.2 cm³/mol. The molecule has 0 aromatic heterocycles. The van der Waals surface area contributed by atoms with Crippen LogP contribution in [-0.2, 0) is 0 Å². The number of nitrogens with two attached hydrogens (primary N) is 2. The van der Waals surface area contributed by atoms with Gasteiger partial charge in [0.15, 0.2) is 0 Å². The molecule has 0 spiro atoms. The highest BCUT2D eigenvalue weighted by Crippen LogP contribution is 2.24. The van der Waals surface area contributed by atoms with E-state index < -0.39 is 0 Å². The zero-order valence-corrected chi connectivity index (χ0v) is 10.9. The van der Waals surface area contributed by atoms with Crippen molar-refractivity contribution in [3.8, 4) is 0 Å². The molecule has 1 fully saturated rings. The predicted octanol–water partition coefficient (Wildman–Crippen LogP) is 2.26. The van der Waals surface area contributed by atoms with Crippen molar-refractivity contribution in [3.63, 3.8) is 0 Å². The van der Waals surface area contributed by atoms with Crippen LogP contribution in [0.1, 0.15) is 42.5 Å². The van der Waals surface area contributed by atoms with Crippen LogP contribution >= 0.6 is 0 Å². The average Bonchev–Trinajstić information content (AvgIpc) is 2.37. The van der Waals surface area contributed by atoms with Crippen LogP contribution in [0.3, 0.4) is 0 Å². The van der Waals surface area contributed by atoms with Gasteiger partial charge in [0.2, 0.25) is 0 Å². The van der Waals surface area contributed by atoms with Crippen molar-refractivity contribution in [2.24, 2.45) is 0 Å². The summed E-state index contributed by atoms with van der Waals surface area (Å²) in [7, 11) is 1.87. The fourth-order valence-electron chi connectivity index (χ4n) is 2.64. The molecule has 2 rings (SSSR count). The average molecular weight is 247 g/mol. The molecule has 0 heterocycles. The van der Waals surface area contributed by atoms with Crippen LogP contribution in [0.15, 0.2) is 18.2 Å². The van der Waals surface area contributed by atoms with Crippen LogP contribution in [0.4, 0.5) is 11.4 Å². The van der Waals surface area contributed by atoms with Crippen LogP contribution in [0, 0.1) is 0 Å². The number of anilines is 2. The molecule has 0 saturated heterocycles. The number of hydrogen-bond donors (Lipinski definition) is 2. The van der Waals surface area contributed by atoms with E-state index in [0.717, 1.165) is 12.8 Å². The molecule has 1 aliphatic rings. The van der Waals surface area contributed by atoms with Crippen molar-refractivity contribution in [3.05, 3.63) is 23.8 Å². The Labute approximate surface area is 108 Å². The highest BCUT2D eigenvalue weighted by Gasteiger charge is 2.23. The van der Waals surface area contributed by atoms with Crippen molar-refractivity contribution >= 4 is 17.3 Å². The second kappa shape index (κ2) is 5.29. The maximum absolute atomic E-state index is 12.4. The second-order valence-electron chi connectivity index (χ2n) is 5.10. The first-order valence-electron chi connectivity index (χ1n) is 6.51. The lowest BCUT2D eigenvalue weighted by molar-refractivity contribution is 0.0696. The summed E-state index contributed by atoms with van der Waals surface area (Å²) in [5.74, 6) is 0.0147. The topological polar surface area (TPSA) is 72.3 Å². The van der Waals surface area contributed by atoms with Crippen molar-refractivity contribution in [1.29, 1.82) is 0 Å². The second-order valence-corrected chi connectivity index (χ2v) is 5.10. The molecule has 1 aromatic rings. The molecule has 0 bridgehead atoms. The maximum atomic E-state index is 12.4. The summed E-state index contributed by atoms with van der Waals surface area (Å²) in [4.78, 5) is 14.2. The Morgan fingerprint density at radius 3 is 2.22 bits per heavy atom. The van der Waals surface area contributed by atoms with E-state index in [2.05, 4.69) is 0 Å². The largest absolute Gasteiger partial charge is 0.399 e. The number of amides is 1. The summed E-state index contributed by atoms with van der Waals surface area (Å²) < 4.78 is 0. The van der Waals surface area contributed by atoms with Crippen molar-refractivity contribution in [2.75, 3.05) is 18.5 Å². The van der Waals surface area contributed by atoms with Crippen LogP contribution in [0.25, 0.3) is 0 Å². The summed E-state index contributed by atoms with van der Waals surface area (Å²) in [5, 5.41) is 0. The summed E-state index contributed by atoms with van der Waals surface area (Å²) in [6.07, 6.45) is 5.90. The first-order valence-corrected chi connectivity index (χ1v) is 6.51. The molecule has 1 aromatic carbocycles.